The highest BCUT2D eigenvalue weighted by Crippen LogP contribution is 2.26. The zero-order chi connectivity index (χ0) is 21.0. The van der Waals surface area contributed by atoms with Gasteiger partial charge in [0.15, 0.2) is 9.84 Å². The van der Waals surface area contributed by atoms with Crippen LogP contribution in [0.3, 0.4) is 0 Å². The summed E-state index contributed by atoms with van der Waals surface area (Å²) in [6.45, 7) is 6.06. The number of nitrogens with zero attached hydrogens (tertiary/aromatic N) is 3. The third kappa shape index (κ3) is 5.50. The van der Waals surface area contributed by atoms with Crippen molar-refractivity contribution in [3.8, 4) is 0 Å². The van der Waals surface area contributed by atoms with Crippen molar-refractivity contribution in [1.82, 2.24) is 14.7 Å². The van der Waals surface area contributed by atoms with Gasteiger partial charge in [0, 0.05) is 44.7 Å². The predicted molar refractivity (Wildman–Crippen MR) is 120 cm³/mol. The van der Waals surface area contributed by atoms with Crippen molar-refractivity contribution in [2.75, 3.05) is 57.3 Å². The molecule has 4 rings (SSSR count). The second-order valence-electron chi connectivity index (χ2n) is 8.81. The van der Waals surface area contributed by atoms with Crippen molar-refractivity contribution < 1.29 is 13.2 Å². The summed E-state index contributed by atoms with van der Waals surface area (Å²) in [4.78, 5) is 19.7. The number of hydrogen-bond donors (Lipinski definition) is 0. The molecule has 3 aliphatic rings. The fourth-order valence-electron chi connectivity index (χ4n) is 4.89. The van der Waals surface area contributed by atoms with E-state index >= 15 is 0 Å². The monoisotopic (exact) mass is 431 g/mol. The Bertz CT molecular complexity index is 840. The van der Waals surface area contributed by atoms with E-state index in [0.29, 0.717) is 17.4 Å². The van der Waals surface area contributed by atoms with E-state index in [9.17, 15) is 13.2 Å². The smallest absolute Gasteiger partial charge is 0.225 e. The molecule has 0 saturated carbocycles. The van der Waals surface area contributed by atoms with Crippen molar-refractivity contribution in [2.45, 2.75) is 25.3 Å². The number of benzene rings is 1. The third-order valence-electron chi connectivity index (χ3n) is 6.76. The van der Waals surface area contributed by atoms with Crippen LogP contribution in [0.2, 0.25) is 0 Å². The summed E-state index contributed by atoms with van der Waals surface area (Å²) in [5.74, 6) is 1.02. The summed E-state index contributed by atoms with van der Waals surface area (Å²) in [6, 6.07) is 10.5. The number of likely N-dealkylation sites (tertiary alicyclic amines) is 1. The Kier molecular flexibility index (Phi) is 6.91. The average Bonchev–Trinajstić information content (AvgIpc) is 3.14. The maximum absolute atomic E-state index is 13.0. The summed E-state index contributed by atoms with van der Waals surface area (Å²) in [5, 5.41) is 0. The molecule has 1 atom stereocenters. The first-order chi connectivity index (χ1) is 14.5. The van der Waals surface area contributed by atoms with E-state index in [2.05, 4.69) is 34.1 Å². The Balaban J connectivity index is 1.18. The molecule has 0 N–H and O–H groups in total. The van der Waals surface area contributed by atoms with Crippen LogP contribution in [-0.4, -0.2) is 92.4 Å². The minimum atomic E-state index is -2.85. The summed E-state index contributed by atoms with van der Waals surface area (Å²) in [5.41, 5.74) is 1.22. The number of sulfone groups is 1. The van der Waals surface area contributed by atoms with Crippen molar-refractivity contribution in [1.29, 1.82) is 0 Å². The molecule has 6 nitrogen and oxygen atoms in total. The van der Waals surface area contributed by atoms with E-state index < -0.39 is 9.84 Å². The zero-order valence-corrected chi connectivity index (χ0v) is 18.5. The molecule has 3 heterocycles. The van der Waals surface area contributed by atoms with Crippen LogP contribution in [0.15, 0.2) is 36.4 Å². The lowest BCUT2D eigenvalue weighted by Crippen LogP contribution is -2.52. The van der Waals surface area contributed by atoms with Crippen molar-refractivity contribution in [3.63, 3.8) is 0 Å². The number of piperazine rings is 1. The van der Waals surface area contributed by atoms with Gasteiger partial charge in [-0.3, -0.25) is 14.6 Å². The molecule has 30 heavy (non-hydrogen) atoms. The van der Waals surface area contributed by atoms with Crippen LogP contribution < -0.4 is 0 Å². The molecule has 0 spiro atoms. The average molecular weight is 432 g/mol. The molecule has 1 unspecified atom stereocenters. The zero-order valence-electron chi connectivity index (χ0n) is 17.7. The Morgan fingerprint density at radius 1 is 0.967 bits per heavy atom. The van der Waals surface area contributed by atoms with E-state index in [1.54, 1.807) is 0 Å². The molecule has 0 radical (unpaired) electrons. The Morgan fingerprint density at radius 3 is 2.30 bits per heavy atom. The first kappa shape index (κ1) is 21.5. The first-order valence-electron chi connectivity index (χ1n) is 11.2. The Hall–Kier alpha value is -1.70. The van der Waals surface area contributed by atoms with Gasteiger partial charge in [0.1, 0.15) is 0 Å². The molecule has 0 aliphatic carbocycles. The van der Waals surface area contributed by atoms with Crippen molar-refractivity contribution in [2.24, 2.45) is 5.92 Å². The minimum absolute atomic E-state index is 0.101. The van der Waals surface area contributed by atoms with Gasteiger partial charge >= 0.3 is 0 Å². The van der Waals surface area contributed by atoms with Gasteiger partial charge in [-0.1, -0.05) is 42.5 Å². The van der Waals surface area contributed by atoms with Crippen LogP contribution in [0.1, 0.15) is 24.8 Å². The van der Waals surface area contributed by atoms with E-state index in [-0.39, 0.29) is 12.0 Å². The van der Waals surface area contributed by atoms with Crippen LogP contribution in [0, 0.1) is 5.92 Å². The number of carbonyl (C=O) groups is 1. The second-order valence-corrected chi connectivity index (χ2v) is 11.0. The van der Waals surface area contributed by atoms with E-state index in [0.717, 1.165) is 65.1 Å². The van der Waals surface area contributed by atoms with Crippen molar-refractivity contribution >= 4 is 21.8 Å². The van der Waals surface area contributed by atoms with Gasteiger partial charge in [-0.05, 0) is 37.9 Å². The van der Waals surface area contributed by atoms with Gasteiger partial charge in [-0.25, -0.2) is 8.42 Å². The predicted octanol–water partition coefficient (Wildman–Crippen LogP) is 1.74. The lowest BCUT2D eigenvalue weighted by molar-refractivity contribution is -0.139. The molecular formula is C23H33N3O3S. The molecule has 164 valence electrons. The first-order valence-corrected chi connectivity index (χ1v) is 13.0. The van der Waals surface area contributed by atoms with Crippen molar-refractivity contribution in [3.05, 3.63) is 42.0 Å². The quantitative estimate of drug-likeness (QED) is 0.711. The van der Waals surface area contributed by atoms with Gasteiger partial charge in [0.2, 0.25) is 5.91 Å². The van der Waals surface area contributed by atoms with Crippen LogP contribution in [0.4, 0.5) is 0 Å². The minimum Gasteiger partial charge on any atom is -0.340 e. The molecule has 1 aromatic carbocycles. The molecule has 3 saturated heterocycles. The highest BCUT2D eigenvalue weighted by molar-refractivity contribution is 7.91. The van der Waals surface area contributed by atoms with E-state index in [1.165, 1.54) is 5.56 Å². The molecule has 3 fully saturated rings. The Labute approximate surface area is 180 Å². The van der Waals surface area contributed by atoms with Gasteiger partial charge in [0.05, 0.1) is 11.5 Å². The SMILES string of the molecule is O=C(C1CCN(C2CCS(=O)(=O)C2)CC1)N1CCN(C/C=C/c2ccccc2)CC1. The molecular weight excluding hydrogens is 398 g/mol. The summed E-state index contributed by atoms with van der Waals surface area (Å²) in [6.07, 6.45) is 6.82. The summed E-state index contributed by atoms with van der Waals surface area (Å²) >= 11 is 0. The standard InChI is InChI=1S/C23H33N3O3S/c27-23(21-8-12-25(13-9-21)22-10-18-30(28,29)19-22)26-16-14-24(15-17-26)11-4-7-20-5-2-1-3-6-20/h1-7,21-22H,8-19H2/b7-4+. The number of rotatable bonds is 5. The fourth-order valence-corrected chi connectivity index (χ4v) is 6.65. The second kappa shape index (κ2) is 9.62. The maximum atomic E-state index is 13.0. The van der Waals surface area contributed by atoms with Crippen LogP contribution in [-0.2, 0) is 14.6 Å². The lowest BCUT2D eigenvalue weighted by Gasteiger charge is -2.39. The molecule has 0 bridgehead atoms. The summed E-state index contributed by atoms with van der Waals surface area (Å²) < 4.78 is 23.5. The molecule has 0 aromatic heterocycles. The van der Waals surface area contributed by atoms with E-state index in [1.807, 2.05) is 23.1 Å². The van der Waals surface area contributed by atoms with E-state index in [4.69, 9.17) is 0 Å². The van der Waals surface area contributed by atoms with Gasteiger partial charge in [-0.15, -0.1) is 0 Å². The molecule has 7 heteroatoms. The largest absolute Gasteiger partial charge is 0.340 e. The maximum Gasteiger partial charge on any atom is 0.225 e. The third-order valence-corrected chi connectivity index (χ3v) is 8.51. The van der Waals surface area contributed by atoms with Crippen LogP contribution >= 0.6 is 0 Å². The molecule has 1 amide bonds. The highest BCUT2D eigenvalue weighted by atomic mass is 32.2. The molecule has 1 aromatic rings. The molecule has 3 aliphatic heterocycles. The highest BCUT2D eigenvalue weighted by Gasteiger charge is 2.36. The Morgan fingerprint density at radius 2 is 1.67 bits per heavy atom. The topological polar surface area (TPSA) is 60.9 Å². The number of piperidine rings is 1. The van der Waals surface area contributed by atoms with Crippen LogP contribution in [0.5, 0.6) is 0 Å². The van der Waals surface area contributed by atoms with Gasteiger partial charge < -0.3 is 4.90 Å². The lowest BCUT2D eigenvalue weighted by atomic mass is 9.94. The van der Waals surface area contributed by atoms with Gasteiger partial charge in [-0.2, -0.15) is 0 Å². The number of hydrogen-bond acceptors (Lipinski definition) is 5. The number of carbonyl (C=O) groups excluding carboxylic acids is 1. The fraction of sp³-hybridized carbons (Fsp3) is 0.609. The normalized spacial score (nSPS) is 26.4. The number of amides is 1. The summed E-state index contributed by atoms with van der Waals surface area (Å²) in [7, 11) is -2.85. The van der Waals surface area contributed by atoms with Crippen LogP contribution in [0.25, 0.3) is 6.08 Å². The van der Waals surface area contributed by atoms with Gasteiger partial charge in [0.25, 0.3) is 0 Å².